The van der Waals surface area contributed by atoms with Crippen molar-refractivity contribution in [2.75, 3.05) is 13.2 Å². The molecular formula is C32H32ClN3O4. The number of nitrogens with zero attached hydrogens (tertiary/aromatic N) is 3. The maximum atomic E-state index is 11.4. The molecule has 0 saturated carbocycles. The van der Waals surface area contributed by atoms with Crippen LogP contribution in [0.15, 0.2) is 72.8 Å². The summed E-state index contributed by atoms with van der Waals surface area (Å²) in [5.74, 6) is 0.557. The zero-order valence-corrected chi connectivity index (χ0v) is 23.2. The maximum Gasteiger partial charge on any atom is 0.335 e. The number of halogens is 1. The van der Waals surface area contributed by atoms with Gasteiger partial charge in [-0.1, -0.05) is 61.9 Å². The Morgan fingerprint density at radius 1 is 0.900 bits per heavy atom. The maximum absolute atomic E-state index is 11.4. The zero-order chi connectivity index (χ0) is 27.9. The number of aromatic carboxylic acids is 1. The fourth-order valence-corrected chi connectivity index (χ4v) is 5.10. The van der Waals surface area contributed by atoms with Crippen LogP contribution in [0.1, 0.15) is 52.5 Å². The Bertz CT molecular complexity index is 1460. The van der Waals surface area contributed by atoms with E-state index in [0.717, 1.165) is 64.4 Å². The molecule has 0 fully saturated rings. The van der Waals surface area contributed by atoms with E-state index in [9.17, 15) is 9.90 Å². The Morgan fingerprint density at radius 2 is 1.60 bits per heavy atom. The summed E-state index contributed by atoms with van der Waals surface area (Å²) in [7, 11) is 0. The highest BCUT2D eigenvalue weighted by Crippen LogP contribution is 2.32. The van der Waals surface area contributed by atoms with Gasteiger partial charge in [0.2, 0.25) is 5.28 Å². The van der Waals surface area contributed by atoms with E-state index in [2.05, 4.69) is 28.9 Å². The Hall–Kier alpha value is -3.94. The number of ether oxygens (including phenoxy) is 2. The molecule has 1 aliphatic heterocycles. The second kappa shape index (κ2) is 12.9. The van der Waals surface area contributed by atoms with Gasteiger partial charge in [-0.2, -0.15) is 0 Å². The summed E-state index contributed by atoms with van der Waals surface area (Å²) in [6.07, 6.45) is 2.90. The number of hydrogen-bond donors (Lipinski definition) is 1. The van der Waals surface area contributed by atoms with Crippen molar-refractivity contribution in [2.45, 2.75) is 45.8 Å². The number of benzene rings is 3. The second-order valence-corrected chi connectivity index (χ2v) is 10.2. The number of carboxylic acid groups (broad SMARTS) is 1. The summed E-state index contributed by atoms with van der Waals surface area (Å²) in [6, 6.07) is 23.1. The molecule has 7 nitrogen and oxygen atoms in total. The van der Waals surface area contributed by atoms with Gasteiger partial charge in [0.15, 0.2) is 11.5 Å². The van der Waals surface area contributed by atoms with E-state index in [0.29, 0.717) is 32.8 Å². The van der Waals surface area contributed by atoms with E-state index in [1.165, 1.54) is 0 Å². The summed E-state index contributed by atoms with van der Waals surface area (Å²) < 4.78 is 11.5. The summed E-state index contributed by atoms with van der Waals surface area (Å²) in [5, 5.41) is 9.55. The Labute approximate surface area is 239 Å². The highest BCUT2D eigenvalue weighted by atomic mass is 35.5. The van der Waals surface area contributed by atoms with Crippen LogP contribution in [0.3, 0.4) is 0 Å². The van der Waals surface area contributed by atoms with E-state index in [1.807, 2.05) is 48.5 Å². The van der Waals surface area contributed by atoms with E-state index >= 15 is 0 Å². The molecule has 0 aliphatic carbocycles. The summed E-state index contributed by atoms with van der Waals surface area (Å²) in [4.78, 5) is 23.1. The third-order valence-electron chi connectivity index (χ3n) is 6.89. The van der Waals surface area contributed by atoms with Crippen molar-refractivity contribution >= 4 is 17.6 Å². The van der Waals surface area contributed by atoms with Crippen LogP contribution in [0.5, 0.6) is 11.5 Å². The van der Waals surface area contributed by atoms with Crippen LogP contribution in [0.4, 0.5) is 0 Å². The first-order chi connectivity index (χ1) is 19.5. The van der Waals surface area contributed by atoms with E-state index in [4.69, 9.17) is 26.1 Å². The fraction of sp³-hybridized carbons (Fsp3) is 0.281. The minimum atomic E-state index is -0.940. The summed E-state index contributed by atoms with van der Waals surface area (Å²) in [5.41, 5.74) is 6.22. The van der Waals surface area contributed by atoms with Crippen molar-refractivity contribution in [1.82, 2.24) is 14.9 Å². The quantitative estimate of drug-likeness (QED) is 0.203. The van der Waals surface area contributed by atoms with Gasteiger partial charge < -0.3 is 14.6 Å². The van der Waals surface area contributed by atoms with Gasteiger partial charge in [-0.05, 0) is 59.8 Å². The highest BCUT2D eigenvalue weighted by Gasteiger charge is 2.20. The predicted molar refractivity (Wildman–Crippen MR) is 155 cm³/mol. The number of unbranched alkanes of at least 4 members (excludes halogenated alkanes) is 1. The molecule has 206 valence electrons. The van der Waals surface area contributed by atoms with Crippen LogP contribution >= 0.6 is 11.6 Å². The van der Waals surface area contributed by atoms with Crippen LogP contribution in [0, 0.1) is 0 Å². The van der Waals surface area contributed by atoms with Gasteiger partial charge in [-0.15, -0.1) is 0 Å². The largest absolute Gasteiger partial charge is 0.486 e. The number of rotatable bonds is 11. The third-order valence-corrected chi connectivity index (χ3v) is 7.06. The first-order valence-corrected chi connectivity index (χ1v) is 13.9. The van der Waals surface area contributed by atoms with Gasteiger partial charge in [0.1, 0.15) is 13.2 Å². The van der Waals surface area contributed by atoms with Crippen molar-refractivity contribution in [3.05, 3.63) is 106 Å². The lowest BCUT2D eigenvalue weighted by atomic mass is 9.99. The van der Waals surface area contributed by atoms with Gasteiger partial charge in [-0.3, -0.25) is 4.90 Å². The monoisotopic (exact) mass is 557 g/mol. The first kappa shape index (κ1) is 27.6. The van der Waals surface area contributed by atoms with Crippen molar-refractivity contribution in [3.8, 4) is 22.8 Å². The number of carbonyl (C=O) groups is 1. The minimum Gasteiger partial charge on any atom is -0.486 e. The molecule has 40 heavy (non-hydrogen) atoms. The SMILES string of the molecule is CCCCc1c(CN(Cc2ccc(C(=O)O)cc2)Cc2ccc3c(c2)OCCO3)nc(Cl)nc1-c1ccccc1. The van der Waals surface area contributed by atoms with E-state index < -0.39 is 5.97 Å². The molecule has 0 amide bonds. The molecule has 5 rings (SSSR count). The lowest BCUT2D eigenvalue weighted by Crippen LogP contribution is -2.24. The molecule has 1 aromatic heterocycles. The Morgan fingerprint density at radius 3 is 2.33 bits per heavy atom. The molecule has 0 unspecified atom stereocenters. The van der Waals surface area contributed by atoms with Gasteiger partial charge in [0.25, 0.3) is 0 Å². The normalized spacial score (nSPS) is 12.5. The first-order valence-electron chi connectivity index (χ1n) is 13.5. The number of hydrogen-bond acceptors (Lipinski definition) is 6. The number of carboxylic acids is 1. The molecule has 0 spiro atoms. The van der Waals surface area contributed by atoms with Crippen molar-refractivity contribution < 1.29 is 19.4 Å². The average Bonchev–Trinajstić information content (AvgIpc) is 2.97. The molecule has 0 atom stereocenters. The molecule has 1 aliphatic rings. The van der Waals surface area contributed by atoms with Crippen LogP contribution < -0.4 is 9.47 Å². The van der Waals surface area contributed by atoms with Crippen LogP contribution in [-0.2, 0) is 26.1 Å². The second-order valence-electron chi connectivity index (χ2n) is 9.86. The van der Waals surface area contributed by atoms with Crippen LogP contribution in [0.2, 0.25) is 5.28 Å². The topological polar surface area (TPSA) is 84.8 Å². The van der Waals surface area contributed by atoms with Crippen LogP contribution in [-0.4, -0.2) is 39.2 Å². The van der Waals surface area contributed by atoms with Gasteiger partial charge in [0.05, 0.1) is 17.0 Å². The molecule has 8 heteroatoms. The molecule has 0 saturated heterocycles. The lowest BCUT2D eigenvalue weighted by molar-refractivity contribution is 0.0697. The molecular weight excluding hydrogens is 526 g/mol. The third kappa shape index (κ3) is 6.79. The lowest BCUT2D eigenvalue weighted by Gasteiger charge is -2.25. The van der Waals surface area contributed by atoms with E-state index in [-0.39, 0.29) is 10.8 Å². The summed E-state index contributed by atoms with van der Waals surface area (Å²) in [6.45, 7) is 4.99. The smallest absolute Gasteiger partial charge is 0.335 e. The molecule has 0 bridgehead atoms. The van der Waals surface area contributed by atoms with Crippen molar-refractivity contribution in [1.29, 1.82) is 0 Å². The molecule has 1 N–H and O–H groups in total. The molecule has 2 heterocycles. The summed E-state index contributed by atoms with van der Waals surface area (Å²) >= 11 is 6.51. The highest BCUT2D eigenvalue weighted by molar-refractivity contribution is 6.28. The predicted octanol–water partition coefficient (Wildman–Crippen LogP) is 6.81. The Kier molecular flexibility index (Phi) is 8.94. The fourth-order valence-electron chi connectivity index (χ4n) is 4.92. The number of aromatic nitrogens is 2. The van der Waals surface area contributed by atoms with Gasteiger partial charge in [-0.25, -0.2) is 14.8 Å². The van der Waals surface area contributed by atoms with Crippen molar-refractivity contribution in [3.63, 3.8) is 0 Å². The van der Waals surface area contributed by atoms with Crippen molar-refractivity contribution in [2.24, 2.45) is 0 Å². The molecule has 3 aromatic carbocycles. The Balaban J connectivity index is 1.50. The van der Waals surface area contributed by atoms with Crippen LogP contribution in [0.25, 0.3) is 11.3 Å². The standard InChI is InChI=1S/C32H32ClN3O4/c1-2-3-9-26-27(34-32(33)35-30(26)24-7-5-4-6-8-24)21-36(19-22-10-13-25(14-11-22)31(37)38)20-23-12-15-28-29(18-23)40-17-16-39-28/h4-8,10-15,18H,2-3,9,16-17,19-21H2,1H3,(H,37,38). The van der Waals surface area contributed by atoms with Gasteiger partial charge in [0, 0.05) is 30.8 Å². The minimum absolute atomic E-state index is 0.221. The number of fused-ring (bicyclic) bond motifs is 1. The van der Waals surface area contributed by atoms with Gasteiger partial charge >= 0.3 is 5.97 Å². The molecule has 4 aromatic rings. The van der Waals surface area contributed by atoms with E-state index in [1.54, 1.807) is 12.1 Å². The zero-order valence-electron chi connectivity index (χ0n) is 22.5. The molecule has 0 radical (unpaired) electrons. The average molecular weight is 558 g/mol.